The van der Waals surface area contributed by atoms with E-state index in [1.165, 1.54) is 24.4 Å². The summed E-state index contributed by atoms with van der Waals surface area (Å²) in [7, 11) is 0. The Balaban J connectivity index is 2.01. The number of nitrogens with zero attached hydrogens (tertiary/aromatic N) is 4. The Kier molecular flexibility index (Phi) is 3.85. The number of hydrogen-bond donors (Lipinski definition) is 0. The van der Waals surface area contributed by atoms with Crippen LogP contribution in [-0.4, -0.2) is 25.9 Å². The van der Waals surface area contributed by atoms with E-state index in [9.17, 15) is 13.2 Å². The van der Waals surface area contributed by atoms with Crippen molar-refractivity contribution in [2.75, 3.05) is 0 Å². The summed E-state index contributed by atoms with van der Waals surface area (Å²) in [5, 5.41) is 7.84. The van der Waals surface area contributed by atoms with E-state index in [1.807, 2.05) is 0 Å². The summed E-state index contributed by atoms with van der Waals surface area (Å²) in [6.07, 6.45) is -1.50. The Morgan fingerprint density at radius 1 is 1.26 bits per heavy atom. The van der Waals surface area contributed by atoms with Crippen molar-refractivity contribution in [2.24, 2.45) is 0 Å². The van der Waals surface area contributed by atoms with Crippen molar-refractivity contribution in [1.29, 1.82) is 0 Å². The average Bonchev–Trinajstić information content (AvgIpc) is 2.87. The Labute approximate surface area is 133 Å². The quantitative estimate of drug-likeness (QED) is 0.680. The summed E-state index contributed by atoms with van der Waals surface area (Å²) in [5.41, 5.74) is 2.38. The van der Waals surface area contributed by atoms with Gasteiger partial charge in [0.1, 0.15) is 5.75 Å². The maximum atomic E-state index is 12.3. The highest BCUT2D eigenvalue weighted by Crippen LogP contribution is 2.29. The fourth-order valence-electron chi connectivity index (χ4n) is 2.20. The van der Waals surface area contributed by atoms with Gasteiger partial charge in [-0.05, 0) is 30.7 Å². The lowest BCUT2D eigenvalue weighted by atomic mass is 10.1. The van der Waals surface area contributed by atoms with Gasteiger partial charge in [0.2, 0.25) is 0 Å². The molecule has 0 aliphatic heterocycles. The van der Waals surface area contributed by atoms with E-state index in [2.05, 4.69) is 19.9 Å². The number of hydrogen-bond acceptors (Lipinski definition) is 4. The summed E-state index contributed by atoms with van der Waals surface area (Å²) < 4.78 is 42.4. The summed E-state index contributed by atoms with van der Waals surface area (Å²) >= 11 is 5.79. The van der Waals surface area contributed by atoms with Gasteiger partial charge in [0.15, 0.2) is 11.5 Å². The zero-order valence-corrected chi connectivity index (χ0v) is 12.6. The Bertz CT molecular complexity index is 863. The van der Waals surface area contributed by atoms with Crippen molar-refractivity contribution in [3.05, 3.63) is 42.0 Å². The van der Waals surface area contributed by atoms with Crippen molar-refractivity contribution in [2.45, 2.75) is 19.2 Å². The molecule has 23 heavy (non-hydrogen) atoms. The number of alkyl halides is 4. The van der Waals surface area contributed by atoms with Crippen LogP contribution in [0.3, 0.4) is 0 Å². The monoisotopic (exact) mass is 342 g/mol. The minimum Gasteiger partial charge on any atom is -0.406 e. The van der Waals surface area contributed by atoms with Crippen molar-refractivity contribution in [3.63, 3.8) is 0 Å². The van der Waals surface area contributed by atoms with Crippen LogP contribution in [0.5, 0.6) is 5.75 Å². The molecule has 0 aliphatic rings. The lowest BCUT2D eigenvalue weighted by Gasteiger charge is -2.11. The molecule has 2 heterocycles. The zero-order chi connectivity index (χ0) is 16.6. The molecular weight excluding hydrogens is 333 g/mol. The molecule has 120 valence electrons. The van der Waals surface area contributed by atoms with E-state index in [1.54, 1.807) is 17.5 Å². The second-order valence-corrected chi connectivity index (χ2v) is 5.04. The van der Waals surface area contributed by atoms with Crippen LogP contribution in [0.4, 0.5) is 13.2 Å². The number of aromatic nitrogens is 4. The smallest absolute Gasteiger partial charge is 0.406 e. The molecule has 0 N–H and O–H groups in total. The minimum absolute atomic E-state index is 0.183. The van der Waals surface area contributed by atoms with Crippen LogP contribution in [0.2, 0.25) is 0 Å². The van der Waals surface area contributed by atoms with Gasteiger partial charge in [-0.15, -0.1) is 35.0 Å². The Morgan fingerprint density at radius 2 is 2.04 bits per heavy atom. The van der Waals surface area contributed by atoms with Gasteiger partial charge in [0.25, 0.3) is 0 Å². The molecule has 0 bridgehead atoms. The van der Waals surface area contributed by atoms with Gasteiger partial charge in [0, 0.05) is 11.8 Å². The molecule has 0 unspecified atom stereocenters. The fourth-order valence-corrected chi connectivity index (χ4v) is 2.38. The second-order valence-electron chi connectivity index (χ2n) is 4.78. The number of fused-ring (bicyclic) bond motifs is 1. The van der Waals surface area contributed by atoms with E-state index < -0.39 is 6.36 Å². The predicted molar refractivity (Wildman–Crippen MR) is 77.2 cm³/mol. The Hall–Kier alpha value is -2.35. The maximum absolute atomic E-state index is 12.3. The molecule has 0 aliphatic carbocycles. The number of benzene rings is 1. The highest BCUT2D eigenvalue weighted by Gasteiger charge is 2.31. The van der Waals surface area contributed by atoms with Gasteiger partial charge >= 0.3 is 6.36 Å². The molecule has 1 aromatic carbocycles. The van der Waals surface area contributed by atoms with Crippen LogP contribution < -0.4 is 4.74 Å². The first-order valence-electron chi connectivity index (χ1n) is 6.50. The summed E-state index contributed by atoms with van der Waals surface area (Å²) in [5.74, 6) is 0.465. The van der Waals surface area contributed by atoms with Gasteiger partial charge in [-0.25, -0.2) is 0 Å². The summed E-state index contributed by atoms with van der Waals surface area (Å²) in [6.45, 7) is 1.68. The van der Waals surface area contributed by atoms with Crippen LogP contribution in [-0.2, 0) is 5.88 Å². The minimum atomic E-state index is -4.72. The maximum Gasteiger partial charge on any atom is 0.573 e. The highest BCUT2D eigenvalue weighted by molar-refractivity contribution is 6.16. The van der Waals surface area contributed by atoms with Crippen LogP contribution in [0.1, 0.15) is 11.4 Å². The van der Waals surface area contributed by atoms with Crippen LogP contribution in [0, 0.1) is 6.92 Å². The first kappa shape index (κ1) is 15.5. The lowest BCUT2D eigenvalue weighted by molar-refractivity contribution is -0.274. The molecule has 3 rings (SSSR count). The average molecular weight is 343 g/mol. The van der Waals surface area contributed by atoms with Crippen LogP contribution in [0.25, 0.3) is 16.9 Å². The van der Waals surface area contributed by atoms with E-state index >= 15 is 0 Å². The SMILES string of the molecule is Cc1cc(OC(F)(F)F)ccc1-c1cn2c(CCl)nnc2cn1. The normalized spacial score (nSPS) is 11.9. The van der Waals surface area contributed by atoms with Crippen molar-refractivity contribution in [1.82, 2.24) is 19.6 Å². The van der Waals surface area contributed by atoms with Crippen LogP contribution in [0.15, 0.2) is 30.6 Å². The summed E-state index contributed by atoms with van der Waals surface area (Å²) in [6, 6.07) is 4.08. The van der Waals surface area contributed by atoms with Gasteiger partial charge in [-0.3, -0.25) is 9.38 Å². The third-order valence-electron chi connectivity index (χ3n) is 3.19. The van der Waals surface area contributed by atoms with Gasteiger partial charge in [-0.2, -0.15) is 0 Å². The Morgan fingerprint density at radius 3 is 2.70 bits per heavy atom. The van der Waals surface area contributed by atoms with Crippen molar-refractivity contribution >= 4 is 17.2 Å². The number of ether oxygens (including phenoxy) is 1. The molecule has 9 heteroatoms. The molecule has 0 saturated heterocycles. The van der Waals surface area contributed by atoms with Crippen LogP contribution >= 0.6 is 11.6 Å². The largest absolute Gasteiger partial charge is 0.573 e. The second kappa shape index (κ2) is 5.69. The first-order valence-corrected chi connectivity index (χ1v) is 7.03. The number of aryl methyl sites for hydroxylation is 1. The molecule has 2 aromatic heterocycles. The van der Waals surface area contributed by atoms with E-state index in [-0.39, 0.29) is 11.6 Å². The zero-order valence-electron chi connectivity index (χ0n) is 11.8. The lowest BCUT2D eigenvalue weighted by Crippen LogP contribution is -2.17. The van der Waals surface area contributed by atoms with E-state index in [0.29, 0.717) is 28.3 Å². The predicted octanol–water partition coefficient (Wildman–Crippen LogP) is 3.74. The number of rotatable bonds is 3. The molecule has 5 nitrogen and oxygen atoms in total. The van der Waals surface area contributed by atoms with Gasteiger partial charge in [-0.1, -0.05) is 0 Å². The molecule has 0 atom stereocenters. The summed E-state index contributed by atoms with van der Waals surface area (Å²) in [4.78, 5) is 4.26. The van der Waals surface area contributed by atoms with E-state index in [4.69, 9.17) is 11.6 Å². The molecule has 0 saturated carbocycles. The molecule has 0 spiro atoms. The third kappa shape index (κ3) is 3.21. The standard InChI is InChI=1S/C14H10ClF3N4O/c1-8-4-9(23-14(16,17)18)2-3-10(8)11-7-22-12(5-15)20-21-13(22)6-19-11/h2-4,6-7H,5H2,1H3. The fraction of sp³-hybridized carbons (Fsp3) is 0.214. The molecule has 0 radical (unpaired) electrons. The van der Waals surface area contributed by atoms with Crippen molar-refractivity contribution in [3.8, 4) is 17.0 Å². The first-order chi connectivity index (χ1) is 10.9. The molecule has 0 amide bonds. The molecule has 3 aromatic rings. The molecule has 0 fully saturated rings. The van der Waals surface area contributed by atoms with Crippen molar-refractivity contribution < 1.29 is 17.9 Å². The topological polar surface area (TPSA) is 52.3 Å². The van der Waals surface area contributed by atoms with Gasteiger partial charge in [0.05, 0.1) is 17.8 Å². The third-order valence-corrected chi connectivity index (χ3v) is 3.43. The highest BCUT2D eigenvalue weighted by atomic mass is 35.5. The number of halogens is 4. The molecular formula is C14H10ClF3N4O. The van der Waals surface area contributed by atoms with E-state index in [0.717, 1.165) is 0 Å². The van der Waals surface area contributed by atoms with Gasteiger partial charge < -0.3 is 4.74 Å².